The van der Waals surface area contributed by atoms with Gasteiger partial charge in [-0.2, -0.15) is 0 Å². The molecule has 0 spiro atoms. The predicted octanol–water partition coefficient (Wildman–Crippen LogP) is -0.802. The van der Waals surface area contributed by atoms with Crippen LogP contribution in [0.15, 0.2) is 6.20 Å². The number of aromatic nitrogens is 1. The van der Waals surface area contributed by atoms with Crippen LogP contribution in [0.2, 0.25) is 0 Å². The summed E-state index contributed by atoms with van der Waals surface area (Å²) in [7, 11) is -3.64. The van der Waals surface area contributed by atoms with E-state index in [1.54, 1.807) is 0 Å². The molecule has 0 amide bonds. The Balaban J connectivity index is 3.39. The molecule has 1 rings (SSSR count). The van der Waals surface area contributed by atoms with Gasteiger partial charge in [0.25, 0.3) is 0 Å². The Morgan fingerprint density at radius 1 is 1.65 bits per heavy atom. The summed E-state index contributed by atoms with van der Waals surface area (Å²) < 4.78 is 15.6. The van der Waals surface area contributed by atoms with E-state index in [9.17, 15) is 19.7 Å². The van der Waals surface area contributed by atoms with Crippen molar-refractivity contribution < 1.29 is 34.3 Å². The number of aromatic hydroxyl groups is 1. The highest BCUT2D eigenvalue weighted by Crippen LogP contribution is 2.53. The van der Waals surface area contributed by atoms with Gasteiger partial charge < -0.3 is 29.3 Å². The molecule has 0 bridgehead atoms. The van der Waals surface area contributed by atoms with Crippen molar-refractivity contribution in [3.8, 4) is 5.75 Å². The van der Waals surface area contributed by atoms with Gasteiger partial charge in [0.05, 0.1) is 12.2 Å². The molecule has 0 saturated heterocycles. The number of pyridine rings is 1. The van der Waals surface area contributed by atoms with Gasteiger partial charge in [0.1, 0.15) is 5.85 Å². The lowest BCUT2D eigenvalue weighted by Gasteiger charge is -2.27. The number of rotatable bonds is 4. The average molecular weight is 263 g/mol. The maximum Gasteiger partial charge on any atom is 0.219 e. The Bertz CT molecular complexity index is 463. The molecule has 1 aromatic rings. The monoisotopic (exact) mass is 263 g/mol. The fraction of sp³-hybridized carbons (Fsp3) is 0.444. The normalized spacial score (nSPS) is 16.5. The van der Waals surface area contributed by atoms with Crippen LogP contribution in [0.1, 0.15) is 22.7 Å². The highest BCUT2D eigenvalue weighted by Gasteiger charge is 2.29. The lowest BCUT2D eigenvalue weighted by atomic mass is 10.1. The van der Waals surface area contributed by atoms with Crippen LogP contribution in [0.5, 0.6) is 5.75 Å². The zero-order chi connectivity index (χ0) is 13.2. The number of hydrogen-bond donors (Lipinski definition) is 3. The minimum Gasteiger partial charge on any atom is -0.776 e. The first-order valence-corrected chi connectivity index (χ1v) is 6.34. The largest absolute Gasteiger partial charge is 0.776 e. The first-order valence-electron chi connectivity index (χ1n) is 4.73. The number of aliphatic hydroxyl groups excluding tert-OH is 2. The van der Waals surface area contributed by atoms with Crippen molar-refractivity contribution >= 4 is 7.60 Å². The van der Waals surface area contributed by atoms with Crippen molar-refractivity contribution in [3.05, 3.63) is 23.0 Å². The molecule has 0 aliphatic carbocycles. The summed E-state index contributed by atoms with van der Waals surface area (Å²) in [4.78, 5) is 14.0. The van der Waals surface area contributed by atoms with Crippen LogP contribution in [-0.4, -0.2) is 22.4 Å². The fourth-order valence-corrected chi connectivity index (χ4v) is 2.18. The molecule has 17 heavy (non-hydrogen) atoms. The number of hydrogen-bond acceptors (Lipinski definition) is 6. The van der Waals surface area contributed by atoms with Crippen LogP contribution < -0.4 is 9.88 Å². The number of aromatic amines is 1. The van der Waals surface area contributed by atoms with Gasteiger partial charge in [0.2, 0.25) is 5.69 Å². The second-order valence-electron chi connectivity index (χ2n) is 3.46. The van der Waals surface area contributed by atoms with Crippen molar-refractivity contribution in [2.24, 2.45) is 0 Å². The van der Waals surface area contributed by atoms with Crippen LogP contribution in [0.25, 0.3) is 0 Å². The zero-order valence-electron chi connectivity index (χ0n) is 9.38. The van der Waals surface area contributed by atoms with Crippen molar-refractivity contribution in [2.45, 2.75) is 19.4 Å². The molecule has 1 aromatic heterocycles. The molecule has 2 unspecified atom stereocenters. The molecule has 4 N–H and O–H groups in total. The molecule has 0 radical (unpaired) electrons. The summed E-state index contributed by atoms with van der Waals surface area (Å²) in [6.07, 6.45) is 1.31. The van der Waals surface area contributed by atoms with E-state index in [1.165, 1.54) is 13.1 Å². The molecule has 1 heterocycles. The van der Waals surface area contributed by atoms with Gasteiger partial charge in [0.15, 0.2) is 19.5 Å². The topological polar surface area (TPSA) is 124 Å². The number of nitrogens with one attached hydrogen (secondary N) is 1. The van der Waals surface area contributed by atoms with Crippen molar-refractivity contribution in [1.29, 1.82) is 0 Å². The minimum absolute atomic E-state index is 0.0775. The van der Waals surface area contributed by atoms with E-state index in [4.69, 9.17) is 5.11 Å². The third-order valence-electron chi connectivity index (χ3n) is 2.40. The molecule has 8 heteroatoms. The SMILES string of the molecule is COP(=O)([O-])C(O)c1c(CO)c[nH+]c(C)c1O. The fourth-order valence-electron chi connectivity index (χ4n) is 1.37. The van der Waals surface area contributed by atoms with Crippen LogP contribution in [-0.2, 0) is 15.7 Å². The van der Waals surface area contributed by atoms with E-state index in [0.29, 0.717) is 0 Å². The third-order valence-corrected chi connectivity index (χ3v) is 3.77. The van der Waals surface area contributed by atoms with Gasteiger partial charge in [-0.1, -0.05) is 0 Å². The summed E-state index contributed by atoms with van der Waals surface area (Å²) in [5.41, 5.74) is 0.0741. The third kappa shape index (κ3) is 2.65. The Labute approximate surface area is 97.9 Å². The van der Waals surface area contributed by atoms with E-state index in [0.717, 1.165) is 7.11 Å². The van der Waals surface area contributed by atoms with Gasteiger partial charge >= 0.3 is 0 Å². The summed E-state index contributed by atoms with van der Waals surface area (Å²) in [6, 6.07) is 0. The molecular weight excluding hydrogens is 249 g/mol. The summed E-state index contributed by atoms with van der Waals surface area (Å²) in [5, 5.41) is 28.4. The van der Waals surface area contributed by atoms with Crippen LogP contribution in [0.3, 0.4) is 0 Å². The van der Waals surface area contributed by atoms with Gasteiger partial charge in [-0.3, -0.25) is 0 Å². The highest BCUT2D eigenvalue weighted by molar-refractivity contribution is 7.51. The molecule has 0 fully saturated rings. The van der Waals surface area contributed by atoms with E-state index < -0.39 is 25.8 Å². The Morgan fingerprint density at radius 2 is 2.24 bits per heavy atom. The summed E-state index contributed by atoms with van der Waals surface area (Å²) in [6.45, 7) is 0.968. The smallest absolute Gasteiger partial charge is 0.219 e. The van der Waals surface area contributed by atoms with Crippen LogP contribution in [0.4, 0.5) is 0 Å². The standard InChI is InChI=1S/C9H14NO6P/c1-5-8(12)7(6(4-11)3-10-5)9(13)17(14,15)16-2/h3,9,11-13H,4H2,1-2H3,(H,14,15). The van der Waals surface area contributed by atoms with Gasteiger partial charge in [-0.15, -0.1) is 0 Å². The molecule has 2 atom stereocenters. The average Bonchev–Trinajstić information content (AvgIpc) is 2.31. The molecule has 96 valence electrons. The van der Waals surface area contributed by atoms with E-state index in [2.05, 4.69) is 9.51 Å². The van der Waals surface area contributed by atoms with E-state index in [1.807, 2.05) is 0 Å². The molecule has 0 aromatic carbocycles. The number of H-pyrrole nitrogens is 1. The van der Waals surface area contributed by atoms with Crippen LogP contribution >= 0.6 is 7.60 Å². The molecule has 0 saturated carbocycles. The van der Waals surface area contributed by atoms with Crippen LogP contribution in [0, 0.1) is 6.92 Å². The van der Waals surface area contributed by atoms with Gasteiger partial charge in [-0.25, -0.2) is 4.98 Å². The molecule has 0 aliphatic heterocycles. The summed E-state index contributed by atoms with van der Waals surface area (Å²) >= 11 is 0. The molecule has 0 aliphatic rings. The first-order chi connectivity index (χ1) is 7.85. The number of aliphatic hydroxyl groups is 2. The van der Waals surface area contributed by atoms with Crippen molar-refractivity contribution in [3.63, 3.8) is 0 Å². The quantitative estimate of drug-likeness (QED) is 0.611. The van der Waals surface area contributed by atoms with E-state index in [-0.39, 0.29) is 16.8 Å². The number of aryl methyl sites for hydroxylation is 1. The predicted molar refractivity (Wildman–Crippen MR) is 54.9 cm³/mol. The van der Waals surface area contributed by atoms with E-state index >= 15 is 0 Å². The molecular formula is C9H14NO6P. The highest BCUT2D eigenvalue weighted by atomic mass is 31.2. The maximum absolute atomic E-state index is 11.4. The van der Waals surface area contributed by atoms with Gasteiger partial charge in [-0.05, 0) is 0 Å². The second kappa shape index (κ2) is 5.12. The lowest BCUT2D eigenvalue weighted by Crippen LogP contribution is -2.18. The summed E-state index contributed by atoms with van der Waals surface area (Å²) in [5.74, 6) is -2.44. The van der Waals surface area contributed by atoms with Gasteiger partial charge in [0, 0.05) is 19.6 Å². The lowest BCUT2D eigenvalue weighted by molar-refractivity contribution is -0.389. The Kier molecular flexibility index (Phi) is 4.24. The Hall–Kier alpha value is -0.980. The minimum atomic E-state index is -4.55. The Morgan fingerprint density at radius 3 is 2.71 bits per heavy atom. The maximum atomic E-state index is 11.4. The second-order valence-corrected chi connectivity index (χ2v) is 5.39. The van der Waals surface area contributed by atoms with Crippen molar-refractivity contribution in [2.75, 3.05) is 7.11 Å². The first kappa shape index (κ1) is 14.1. The van der Waals surface area contributed by atoms with Crippen molar-refractivity contribution in [1.82, 2.24) is 0 Å². The zero-order valence-corrected chi connectivity index (χ0v) is 10.3. The molecule has 7 nitrogen and oxygen atoms in total.